The Bertz CT molecular complexity index is 436. The normalized spacial score (nSPS) is 20.1. The lowest BCUT2D eigenvalue weighted by Gasteiger charge is -2.38. The summed E-state index contributed by atoms with van der Waals surface area (Å²) in [5, 5.41) is 10.6. The number of nitrogens with zero attached hydrogens (tertiary/aromatic N) is 1. The zero-order valence-electron chi connectivity index (χ0n) is 11.9. The number of ether oxygens (including phenoxy) is 1. The Morgan fingerprint density at radius 3 is 2.75 bits per heavy atom. The summed E-state index contributed by atoms with van der Waals surface area (Å²) in [6, 6.07) is 6.37. The van der Waals surface area contributed by atoms with Crippen LogP contribution in [0, 0.1) is 5.82 Å². The van der Waals surface area contributed by atoms with Gasteiger partial charge in [0.2, 0.25) is 0 Å². The molecule has 5 heteroatoms. The van der Waals surface area contributed by atoms with E-state index in [1.807, 2.05) is 18.0 Å². The molecule has 20 heavy (non-hydrogen) atoms. The van der Waals surface area contributed by atoms with Crippen molar-refractivity contribution in [3.05, 3.63) is 35.6 Å². The minimum atomic E-state index is -0.742. The van der Waals surface area contributed by atoms with Crippen LogP contribution in [0.5, 0.6) is 0 Å². The molecule has 3 N–H and O–H groups in total. The van der Waals surface area contributed by atoms with Gasteiger partial charge < -0.3 is 15.6 Å². The maximum Gasteiger partial charge on any atom is 0.123 e. The second-order valence-corrected chi connectivity index (χ2v) is 5.56. The SMILES string of the molecule is CN(CC1(O)CCOCC1)C(CN)c1cccc(F)c1. The molecule has 1 fully saturated rings. The molecule has 0 bridgehead atoms. The van der Waals surface area contributed by atoms with Crippen molar-refractivity contribution >= 4 is 0 Å². The van der Waals surface area contributed by atoms with Gasteiger partial charge in [0.15, 0.2) is 0 Å². The van der Waals surface area contributed by atoms with Crippen molar-refractivity contribution in [2.75, 3.05) is 33.4 Å². The van der Waals surface area contributed by atoms with Crippen LogP contribution in [-0.4, -0.2) is 49.0 Å². The Morgan fingerprint density at radius 2 is 2.15 bits per heavy atom. The van der Waals surface area contributed by atoms with Gasteiger partial charge in [-0.25, -0.2) is 4.39 Å². The summed E-state index contributed by atoms with van der Waals surface area (Å²) in [6.45, 7) is 2.05. The van der Waals surface area contributed by atoms with E-state index >= 15 is 0 Å². The van der Waals surface area contributed by atoms with Gasteiger partial charge >= 0.3 is 0 Å². The lowest BCUT2D eigenvalue weighted by atomic mass is 9.92. The van der Waals surface area contributed by atoms with E-state index in [1.165, 1.54) is 12.1 Å². The fourth-order valence-electron chi connectivity index (χ4n) is 2.77. The fraction of sp³-hybridized carbons (Fsp3) is 0.600. The van der Waals surface area contributed by atoms with Crippen molar-refractivity contribution in [3.8, 4) is 0 Å². The van der Waals surface area contributed by atoms with E-state index in [0.29, 0.717) is 39.1 Å². The molecule has 1 aliphatic rings. The lowest BCUT2D eigenvalue weighted by Crippen LogP contribution is -2.47. The first-order valence-electron chi connectivity index (χ1n) is 7.00. The summed E-state index contributed by atoms with van der Waals surface area (Å²) >= 11 is 0. The third kappa shape index (κ3) is 3.76. The van der Waals surface area contributed by atoms with E-state index in [2.05, 4.69) is 0 Å². The van der Waals surface area contributed by atoms with Gasteiger partial charge in [0.05, 0.1) is 5.60 Å². The van der Waals surface area contributed by atoms with E-state index < -0.39 is 5.60 Å². The number of benzene rings is 1. The highest BCUT2D eigenvalue weighted by Crippen LogP contribution is 2.26. The predicted octanol–water partition coefficient (Wildman–Crippen LogP) is 1.30. The van der Waals surface area contributed by atoms with Crippen molar-refractivity contribution in [1.29, 1.82) is 0 Å². The molecule has 0 spiro atoms. The molecule has 1 heterocycles. The summed E-state index contributed by atoms with van der Waals surface area (Å²) in [7, 11) is 1.91. The molecular weight excluding hydrogens is 259 g/mol. The molecular formula is C15H23FN2O2. The van der Waals surface area contributed by atoms with E-state index in [0.717, 1.165) is 5.56 Å². The number of hydrogen-bond donors (Lipinski definition) is 2. The van der Waals surface area contributed by atoms with Crippen LogP contribution in [0.15, 0.2) is 24.3 Å². The first-order chi connectivity index (χ1) is 9.54. The molecule has 1 aromatic carbocycles. The predicted molar refractivity (Wildman–Crippen MR) is 75.8 cm³/mol. The van der Waals surface area contributed by atoms with Crippen LogP contribution in [0.3, 0.4) is 0 Å². The Hall–Kier alpha value is -1.01. The number of halogens is 1. The third-order valence-corrected chi connectivity index (χ3v) is 3.96. The Kier molecular flexibility index (Phi) is 5.10. The number of rotatable bonds is 5. The number of likely N-dealkylation sites (N-methyl/N-ethyl adjacent to an activating group) is 1. The summed E-state index contributed by atoms with van der Waals surface area (Å²) in [6.07, 6.45) is 1.25. The van der Waals surface area contributed by atoms with Crippen molar-refractivity contribution in [3.63, 3.8) is 0 Å². The van der Waals surface area contributed by atoms with E-state index in [4.69, 9.17) is 10.5 Å². The molecule has 0 radical (unpaired) electrons. The molecule has 1 aliphatic heterocycles. The van der Waals surface area contributed by atoms with Crippen LogP contribution in [0.25, 0.3) is 0 Å². The van der Waals surface area contributed by atoms with E-state index in [-0.39, 0.29) is 11.9 Å². The molecule has 0 saturated carbocycles. The summed E-state index contributed by atoms with van der Waals surface area (Å²) in [4.78, 5) is 2.00. The van der Waals surface area contributed by atoms with Crippen LogP contribution in [0.1, 0.15) is 24.4 Å². The van der Waals surface area contributed by atoms with Crippen LogP contribution in [0.4, 0.5) is 4.39 Å². The Morgan fingerprint density at radius 1 is 1.45 bits per heavy atom. The van der Waals surface area contributed by atoms with Gasteiger partial charge in [-0.15, -0.1) is 0 Å². The van der Waals surface area contributed by atoms with Crippen LogP contribution >= 0.6 is 0 Å². The van der Waals surface area contributed by atoms with Crippen molar-refractivity contribution in [2.24, 2.45) is 5.73 Å². The molecule has 1 unspecified atom stereocenters. The van der Waals surface area contributed by atoms with E-state index in [9.17, 15) is 9.50 Å². The third-order valence-electron chi connectivity index (χ3n) is 3.96. The van der Waals surface area contributed by atoms with Crippen LogP contribution in [0.2, 0.25) is 0 Å². The summed E-state index contributed by atoms with van der Waals surface area (Å²) in [5.41, 5.74) is 5.93. The molecule has 1 saturated heterocycles. The first-order valence-corrected chi connectivity index (χ1v) is 7.00. The largest absolute Gasteiger partial charge is 0.388 e. The highest BCUT2D eigenvalue weighted by atomic mass is 19.1. The van der Waals surface area contributed by atoms with Crippen molar-refractivity contribution < 1.29 is 14.2 Å². The highest BCUT2D eigenvalue weighted by molar-refractivity contribution is 5.20. The van der Waals surface area contributed by atoms with Gasteiger partial charge in [-0.2, -0.15) is 0 Å². The van der Waals surface area contributed by atoms with Gasteiger partial charge in [0.25, 0.3) is 0 Å². The monoisotopic (exact) mass is 282 g/mol. The molecule has 0 amide bonds. The number of nitrogens with two attached hydrogens (primary N) is 1. The van der Waals surface area contributed by atoms with Gasteiger partial charge in [-0.1, -0.05) is 12.1 Å². The average Bonchev–Trinajstić information content (AvgIpc) is 2.39. The van der Waals surface area contributed by atoms with E-state index in [1.54, 1.807) is 6.07 Å². The number of hydrogen-bond acceptors (Lipinski definition) is 4. The van der Waals surface area contributed by atoms with Crippen molar-refractivity contribution in [2.45, 2.75) is 24.5 Å². The molecule has 112 valence electrons. The number of aliphatic hydroxyl groups is 1. The van der Waals surface area contributed by atoms with Crippen molar-refractivity contribution in [1.82, 2.24) is 4.90 Å². The fourth-order valence-corrected chi connectivity index (χ4v) is 2.77. The summed E-state index contributed by atoms with van der Waals surface area (Å²) in [5.74, 6) is -0.265. The van der Waals surface area contributed by atoms with Gasteiger partial charge in [0.1, 0.15) is 5.82 Å². The smallest absolute Gasteiger partial charge is 0.123 e. The standard InChI is InChI=1S/C15H23FN2O2/c1-18(11-15(19)5-7-20-8-6-15)14(10-17)12-3-2-4-13(16)9-12/h2-4,9,14,19H,5-8,10-11,17H2,1H3. The van der Waals surface area contributed by atoms with Crippen LogP contribution in [-0.2, 0) is 4.74 Å². The minimum absolute atomic E-state index is 0.0995. The quantitative estimate of drug-likeness (QED) is 0.854. The highest BCUT2D eigenvalue weighted by Gasteiger charge is 2.32. The second kappa shape index (κ2) is 6.63. The second-order valence-electron chi connectivity index (χ2n) is 5.56. The molecule has 2 rings (SSSR count). The maximum absolute atomic E-state index is 13.3. The molecule has 1 aromatic rings. The molecule has 0 aliphatic carbocycles. The molecule has 0 aromatic heterocycles. The first kappa shape index (κ1) is 15.4. The van der Waals surface area contributed by atoms with Gasteiger partial charge in [-0.3, -0.25) is 4.90 Å². The zero-order valence-corrected chi connectivity index (χ0v) is 11.9. The molecule has 4 nitrogen and oxygen atoms in total. The van der Waals surface area contributed by atoms with Gasteiger partial charge in [0, 0.05) is 45.2 Å². The minimum Gasteiger partial charge on any atom is -0.388 e. The Balaban J connectivity index is 2.07. The topological polar surface area (TPSA) is 58.7 Å². The van der Waals surface area contributed by atoms with Gasteiger partial charge in [-0.05, 0) is 24.7 Å². The average molecular weight is 282 g/mol. The summed E-state index contributed by atoms with van der Waals surface area (Å²) < 4.78 is 18.6. The lowest BCUT2D eigenvalue weighted by molar-refractivity contribution is -0.0812. The maximum atomic E-state index is 13.3. The zero-order chi connectivity index (χ0) is 14.6. The molecule has 1 atom stereocenters. The van der Waals surface area contributed by atoms with Crippen LogP contribution < -0.4 is 5.73 Å². The Labute approximate surface area is 119 Å².